The fourth-order valence-electron chi connectivity index (χ4n) is 3.15. The van der Waals surface area contributed by atoms with E-state index in [0.717, 1.165) is 42.8 Å². The van der Waals surface area contributed by atoms with E-state index in [2.05, 4.69) is 4.98 Å². The van der Waals surface area contributed by atoms with Crippen LogP contribution >= 0.6 is 11.8 Å². The summed E-state index contributed by atoms with van der Waals surface area (Å²) >= 11 is 0.976. The van der Waals surface area contributed by atoms with Gasteiger partial charge in [-0.3, -0.25) is 0 Å². The molecule has 2 aromatic carbocycles. The summed E-state index contributed by atoms with van der Waals surface area (Å²) in [6.07, 6.45) is 4.75. The van der Waals surface area contributed by atoms with E-state index in [1.807, 2.05) is 24.3 Å². The molecule has 178 valence electrons. The van der Waals surface area contributed by atoms with Gasteiger partial charge in [-0.2, -0.15) is 0 Å². The van der Waals surface area contributed by atoms with Crippen LogP contribution in [0.15, 0.2) is 65.6 Å². The molecule has 0 bridgehead atoms. The van der Waals surface area contributed by atoms with Crippen molar-refractivity contribution in [2.45, 2.75) is 29.9 Å². The number of hydrogen-bond donors (Lipinski definition) is 0. The first-order valence-electron chi connectivity index (χ1n) is 10.7. The first-order chi connectivity index (χ1) is 16.5. The minimum Gasteiger partial charge on any atom is -0.545 e. The largest absolute Gasteiger partial charge is 1.00 e. The predicted molar refractivity (Wildman–Crippen MR) is 126 cm³/mol. The molecule has 3 rings (SSSR count). The van der Waals surface area contributed by atoms with Crippen LogP contribution in [-0.2, 0) is 17.0 Å². The Kier molecular flexibility index (Phi) is 12.3. The first-order valence-corrected chi connectivity index (χ1v) is 11.7. The molecule has 0 aliphatic rings. The van der Waals surface area contributed by atoms with Gasteiger partial charge < -0.3 is 19.4 Å². The summed E-state index contributed by atoms with van der Waals surface area (Å²) in [5.41, 5.74) is 2.04. The number of rotatable bonds is 12. The van der Waals surface area contributed by atoms with Gasteiger partial charge in [-0.15, -0.1) is 11.8 Å². The summed E-state index contributed by atoms with van der Waals surface area (Å²) in [5, 5.41) is 10.9. The van der Waals surface area contributed by atoms with Crippen molar-refractivity contribution < 1.29 is 57.7 Å². The van der Waals surface area contributed by atoms with Crippen LogP contribution in [0.4, 0.5) is 8.78 Å². The number of nitrogens with zero attached hydrogens (tertiary/aromatic N) is 1. The van der Waals surface area contributed by atoms with Gasteiger partial charge in [0.05, 0.1) is 30.3 Å². The molecule has 9 heteroatoms. The monoisotopic (exact) mass is 507 g/mol. The number of aliphatic carboxylic acids is 1. The summed E-state index contributed by atoms with van der Waals surface area (Å²) in [4.78, 5) is 15.2. The Morgan fingerprint density at radius 1 is 1.06 bits per heavy atom. The third kappa shape index (κ3) is 9.29. The molecule has 3 aromatic rings. The summed E-state index contributed by atoms with van der Waals surface area (Å²) in [6, 6.07) is 15.0. The number of carboxylic acids is 1. The molecule has 0 saturated carbocycles. The van der Waals surface area contributed by atoms with Crippen LogP contribution in [0.2, 0.25) is 0 Å². The molecular formula is C26H24F2NNaO4S. The molecule has 1 heterocycles. The fraction of sp³-hybridized carbons (Fsp3) is 0.231. The number of ether oxygens (including phenoxy) is 2. The van der Waals surface area contributed by atoms with E-state index in [-0.39, 0.29) is 40.2 Å². The Bertz CT molecular complexity index is 1120. The maximum Gasteiger partial charge on any atom is 1.00 e. The van der Waals surface area contributed by atoms with Crippen LogP contribution in [-0.4, -0.2) is 24.7 Å². The normalized spacial score (nSPS) is 10.7. The van der Waals surface area contributed by atoms with Crippen molar-refractivity contribution in [1.29, 1.82) is 0 Å². The maximum atomic E-state index is 13.9. The number of methoxy groups -OCH3 is 1. The van der Waals surface area contributed by atoms with Crippen molar-refractivity contribution in [2.24, 2.45) is 0 Å². The summed E-state index contributed by atoms with van der Waals surface area (Å²) in [7, 11) is 1.63. The molecule has 0 unspecified atom stereocenters. The van der Waals surface area contributed by atoms with E-state index in [9.17, 15) is 18.7 Å². The molecule has 35 heavy (non-hydrogen) atoms. The summed E-state index contributed by atoms with van der Waals surface area (Å²) < 4.78 is 38.7. The van der Waals surface area contributed by atoms with Gasteiger partial charge in [-0.25, -0.2) is 13.8 Å². The van der Waals surface area contributed by atoms with E-state index in [1.165, 1.54) is 29.8 Å². The number of carbonyl (C=O) groups excluding carboxylic acids is 1. The van der Waals surface area contributed by atoms with Crippen molar-refractivity contribution in [3.63, 3.8) is 0 Å². The maximum absolute atomic E-state index is 13.9. The second kappa shape index (κ2) is 14.9. The zero-order chi connectivity index (χ0) is 24.3. The Balaban J connectivity index is 0.00000432. The van der Waals surface area contributed by atoms with Crippen molar-refractivity contribution in [3.8, 4) is 11.5 Å². The van der Waals surface area contributed by atoms with Crippen LogP contribution in [0.25, 0.3) is 6.08 Å². The van der Waals surface area contributed by atoms with Crippen molar-refractivity contribution in [3.05, 3.63) is 89.3 Å². The van der Waals surface area contributed by atoms with Crippen LogP contribution in [0.1, 0.15) is 29.8 Å². The Morgan fingerprint density at radius 3 is 2.43 bits per heavy atom. The van der Waals surface area contributed by atoms with Gasteiger partial charge in [0, 0.05) is 5.75 Å². The number of aromatic nitrogens is 1. The van der Waals surface area contributed by atoms with Gasteiger partial charge in [0.15, 0.2) is 0 Å². The molecule has 0 atom stereocenters. The number of pyridine rings is 1. The molecule has 0 amide bonds. The molecular weight excluding hydrogens is 483 g/mol. The van der Waals surface area contributed by atoms with Crippen LogP contribution < -0.4 is 44.1 Å². The van der Waals surface area contributed by atoms with Crippen LogP contribution in [0.5, 0.6) is 11.5 Å². The first kappa shape index (κ1) is 28.8. The molecule has 5 nitrogen and oxygen atoms in total. The van der Waals surface area contributed by atoms with Gasteiger partial charge in [0.1, 0.15) is 28.8 Å². The summed E-state index contributed by atoms with van der Waals surface area (Å²) in [5.74, 6) is -1.20. The second-order valence-electron chi connectivity index (χ2n) is 7.33. The predicted octanol–water partition coefficient (Wildman–Crippen LogP) is 1.83. The third-order valence-electron chi connectivity index (χ3n) is 4.88. The quantitative estimate of drug-likeness (QED) is 0.161. The number of unbranched alkanes of at least 4 members (excludes halogenated alkanes) is 1. The number of hydrogen-bond acceptors (Lipinski definition) is 6. The molecule has 1 aromatic heterocycles. The van der Waals surface area contributed by atoms with E-state index in [0.29, 0.717) is 23.7 Å². The number of aryl methyl sites for hydroxylation is 1. The second-order valence-corrected chi connectivity index (χ2v) is 8.32. The molecule has 0 N–H and O–H groups in total. The summed E-state index contributed by atoms with van der Waals surface area (Å²) in [6.45, 7) is 0.429. The Hall–Kier alpha value is -2.39. The average Bonchev–Trinajstić information content (AvgIpc) is 2.83. The SMILES string of the molecule is COc1ccc(CCCCOc2ccc(CSc3c(F)cccc3F)nc2C=CC(=O)[O-])cc1.[Na+]. The van der Waals surface area contributed by atoms with Gasteiger partial charge in [-0.1, -0.05) is 18.2 Å². The minimum atomic E-state index is -1.36. The van der Waals surface area contributed by atoms with E-state index in [4.69, 9.17) is 9.47 Å². The number of halogens is 2. The Morgan fingerprint density at radius 2 is 1.77 bits per heavy atom. The minimum absolute atomic E-state index is 0. The van der Waals surface area contributed by atoms with E-state index in [1.54, 1.807) is 19.2 Å². The van der Waals surface area contributed by atoms with Crippen LogP contribution in [0.3, 0.4) is 0 Å². The number of carboxylic acid groups (broad SMARTS) is 1. The van der Waals surface area contributed by atoms with E-state index < -0.39 is 17.6 Å². The molecule has 0 fully saturated rings. The standard InChI is InChI=1S/C26H25F2NO4S.Na/c1-32-20-11-8-18(9-12-20)5-2-3-16-33-24-14-10-19(29-23(24)13-15-25(30)31)17-34-26-21(27)6-4-7-22(26)28;/h4,6-15H,2-3,5,16-17H2,1H3,(H,30,31);/q;+1/p-1. The molecule has 0 spiro atoms. The van der Waals surface area contributed by atoms with Gasteiger partial charge in [0.2, 0.25) is 0 Å². The van der Waals surface area contributed by atoms with Gasteiger partial charge in [-0.05, 0) is 73.4 Å². The average molecular weight is 508 g/mol. The van der Waals surface area contributed by atoms with E-state index >= 15 is 0 Å². The van der Waals surface area contributed by atoms with Gasteiger partial charge >= 0.3 is 29.6 Å². The molecule has 0 saturated heterocycles. The van der Waals surface area contributed by atoms with Crippen molar-refractivity contribution >= 4 is 23.8 Å². The zero-order valence-corrected chi connectivity index (χ0v) is 22.4. The van der Waals surface area contributed by atoms with Crippen molar-refractivity contribution in [1.82, 2.24) is 4.98 Å². The zero-order valence-electron chi connectivity index (χ0n) is 19.6. The van der Waals surface area contributed by atoms with Crippen molar-refractivity contribution in [2.75, 3.05) is 13.7 Å². The number of carbonyl (C=O) groups is 1. The molecule has 0 aliphatic carbocycles. The number of benzene rings is 2. The number of thioether (sulfide) groups is 1. The molecule has 0 radical (unpaired) electrons. The smallest absolute Gasteiger partial charge is 0.545 e. The van der Waals surface area contributed by atoms with Gasteiger partial charge in [0.25, 0.3) is 0 Å². The fourth-order valence-corrected chi connectivity index (χ4v) is 4.01. The molecule has 0 aliphatic heterocycles. The topological polar surface area (TPSA) is 71.5 Å². The Labute approximate surface area is 229 Å². The third-order valence-corrected chi connectivity index (χ3v) is 6.00. The van der Waals surface area contributed by atoms with Crippen LogP contribution in [0, 0.1) is 11.6 Å².